The zero-order valence-corrected chi connectivity index (χ0v) is 22.7. The topological polar surface area (TPSA) is 71.0 Å². The quantitative estimate of drug-likeness (QED) is 0.272. The molecule has 1 N–H and O–H groups in total. The van der Waals surface area contributed by atoms with Gasteiger partial charge in [-0.15, -0.1) is 0 Å². The molecule has 0 bridgehead atoms. The van der Waals surface area contributed by atoms with Crippen LogP contribution >= 0.6 is 0 Å². The number of nitrogens with zero attached hydrogens (tertiary/aromatic N) is 2. The highest BCUT2D eigenvalue weighted by atomic mass is 32.2. The Balaban J connectivity index is 1.32. The number of benzene rings is 3. The Morgan fingerprint density at radius 1 is 0.850 bits per heavy atom. The zero-order chi connectivity index (χ0) is 28.2. The lowest BCUT2D eigenvalue weighted by Gasteiger charge is -2.42. The molecule has 10 heteroatoms. The molecule has 40 heavy (non-hydrogen) atoms. The number of guanidine groups is 1. The fraction of sp³-hybridized carbons (Fsp3) is 0.367. The summed E-state index contributed by atoms with van der Waals surface area (Å²) in [6.45, 7) is 0.856. The summed E-state index contributed by atoms with van der Waals surface area (Å²) < 4.78 is 74.4. The van der Waals surface area contributed by atoms with Crippen LogP contribution < -0.4 is 4.72 Å². The first-order chi connectivity index (χ1) is 19.2. The van der Waals surface area contributed by atoms with Crippen LogP contribution in [0, 0.1) is 0 Å². The van der Waals surface area contributed by atoms with E-state index in [1.165, 1.54) is 0 Å². The van der Waals surface area contributed by atoms with E-state index >= 15 is 0 Å². The molecule has 0 atom stereocenters. The van der Waals surface area contributed by atoms with Gasteiger partial charge >= 0.3 is 6.18 Å². The fourth-order valence-corrected chi connectivity index (χ4v) is 6.09. The van der Waals surface area contributed by atoms with E-state index in [0.717, 1.165) is 67.5 Å². The lowest BCUT2D eigenvalue weighted by molar-refractivity contribution is -0.137. The standard InChI is InChI=1S/C30H32F3N3O3S/c31-30(32,33)24-16-18-27(19-17-24)40(37,38)35-29(34-25-14-8-3-9-15-25)36-20-26(21-36)39-28(22-10-4-1-5-11-22)23-12-6-2-7-13-23/h1-2,4-7,10-13,16-19,25-26,28H,3,8-9,14-15,20-21H2,(H,34,35). The Morgan fingerprint density at radius 3 is 1.93 bits per heavy atom. The molecule has 0 amide bonds. The molecule has 1 aliphatic carbocycles. The van der Waals surface area contributed by atoms with Crippen molar-refractivity contribution < 1.29 is 26.3 Å². The molecule has 6 nitrogen and oxygen atoms in total. The van der Waals surface area contributed by atoms with Gasteiger partial charge in [0.1, 0.15) is 6.10 Å². The van der Waals surface area contributed by atoms with Gasteiger partial charge in [-0.3, -0.25) is 0 Å². The predicted octanol–water partition coefficient (Wildman–Crippen LogP) is 6.16. The summed E-state index contributed by atoms with van der Waals surface area (Å²) in [6, 6.07) is 23.3. The van der Waals surface area contributed by atoms with Crippen molar-refractivity contribution in [3.63, 3.8) is 0 Å². The summed E-state index contributed by atoms with van der Waals surface area (Å²) in [7, 11) is -4.15. The minimum Gasteiger partial charge on any atom is -0.362 e. The number of nitrogens with one attached hydrogen (secondary N) is 1. The zero-order valence-electron chi connectivity index (χ0n) is 21.9. The molecule has 1 saturated heterocycles. The molecule has 212 valence electrons. The van der Waals surface area contributed by atoms with Crippen molar-refractivity contribution in [3.05, 3.63) is 102 Å². The molecule has 1 heterocycles. The van der Waals surface area contributed by atoms with Gasteiger partial charge in [-0.05, 0) is 48.2 Å². The van der Waals surface area contributed by atoms with E-state index < -0.39 is 21.8 Å². The van der Waals surface area contributed by atoms with E-state index in [1.807, 2.05) is 65.6 Å². The Kier molecular flexibility index (Phi) is 8.46. The molecule has 0 radical (unpaired) electrons. The molecule has 2 aliphatic rings. The lowest BCUT2D eigenvalue weighted by Crippen LogP contribution is -2.59. The lowest BCUT2D eigenvalue weighted by atomic mass is 9.96. The van der Waals surface area contributed by atoms with Crippen LogP contribution in [-0.2, 0) is 20.9 Å². The average molecular weight is 572 g/mol. The Labute approximate surface area is 232 Å². The van der Waals surface area contributed by atoms with Gasteiger partial charge in [0, 0.05) is 13.1 Å². The van der Waals surface area contributed by atoms with E-state index in [0.29, 0.717) is 13.1 Å². The molecule has 3 aromatic carbocycles. The van der Waals surface area contributed by atoms with E-state index in [9.17, 15) is 21.6 Å². The van der Waals surface area contributed by atoms with Crippen LogP contribution in [0.15, 0.2) is 94.8 Å². The van der Waals surface area contributed by atoms with Crippen LogP contribution in [-0.4, -0.2) is 44.5 Å². The van der Waals surface area contributed by atoms with Gasteiger partial charge in [0.2, 0.25) is 5.96 Å². The number of rotatable bonds is 7. The van der Waals surface area contributed by atoms with E-state index in [-0.39, 0.29) is 29.1 Å². The highest BCUT2D eigenvalue weighted by molar-refractivity contribution is 7.90. The summed E-state index contributed by atoms with van der Waals surface area (Å²) in [5.41, 5.74) is 1.13. The molecular formula is C30H32F3N3O3S. The third kappa shape index (κ3) is 6.85. The van der Waals surface area contributed by atoms with Crippen LogP contribution in [0.5, 0.6) is 0 Å². The number of ether oxygens (including phenoxy) is 1. The maximum Gasteiger partial charge on any atom is 0.416 e. The van der Waals surface area contributed by atoms with Crippen molar-refractivity contribution in [3.8, 4) is 0 Å². The Bertz CT molecular complexity index is 1350. The van der Waals surface area contributed by atoms with Gasteiger partial charge < -0.3 is 9.64 Å². The molecule has 1 saturated carbocycles. The number of aliphatic imine (C=N–C) groups is 1. The molecular weight excluding hydrogens is 539 g/mol. The molecule has 3 aromatic rings. The van der Waals surface area contributed by atoms with Crippen molar-refractivity contribution >= 4 is 16.0 Å². The summed E-state index contributed by atoms with van der Waals surface area (Å²) in [5, 5.41) is 0. The molecule has 0 aromatic heterocycles. The first kappa shape index (κ1) is 28.2. The first-order valence-corrected chi connectivity index (χ1v) is 15.0. The van der Waals surface area contributed by atoms with Gasteiger partial charge in [-0.1, -0.05) is 79.9 Å². The van der Waals surface area contributed by atoms with E-state index in [4.69, 9.17) is 9.73 Å². The molecule has 0 spiro atoms. The number of hydrogen-bond donors (Lipinski definition) is 1. The van der Waals surface area contributed by atoms with Gasteiger partial charge in [0.15, 0.2) is 0 Å². The van der Waals surface area contributed by atoms with Crippen LogP contribution in [0.1, 0.15) is 54.9 Å². The number of sulfonamides is 1. The number of likely N-dealkylation sites (tertiary alicyclic amines) is 1. The predicted molar refractivity (Wildman–Crippen MR) is 147 cm³/mol. The van der Waals surface area contributed by atoms with Gasteiger partial charge in [0.25, 0.3) is 10.0 Å². The Hall–Kier alpha value is -3.37. The van der Waals surface area contributed by atoms with E-state index in [1.54, 1.807) is 0 Å². The maximum absolute atomic E-state index is 13.2. The monoisotopic (exact) mass is 571 g/mol. The maximum atomic E-state index is 13.2. The number of alkyl halides is 3. The van der Waals surface area contributed by atoms with Crippen LogP contribution in [0.2, 0.25) is 0 Å². The number of halogens is 3. The van der Waals surface area contributed by atoms with Crippen molar-refractivity contribution in [2.75, 3.05) is 13.1 Å². The van der Waals surface area contributed by atoms with Crippen molar-refractivity contribution in [2.45, 2.75) is 61.4 Å². The SMILES string of the molecule is O=S(=O)(NC(=NC1CCCCC1)N1CC(OC(c2ccccc2)c2ccccc2)C1)c1ccc(C(F)(F)F)cc1. The molecule has 1 aliphatic heterocycles. The van der Waals surface area contributed by atoms with Gasteiger partial charge in [0.05, 0.1) is 22.6 Å². The molecule has 5 rings (SSSR count). The normalized spacial score (nSPS) is 17.6. The highest BCUT2D eigenvalue weighted by Crippen LogP contribution is 2.31. The third-order valence-electron chi connectivity index (χ3n) is 7.28. The third-order valence-corrected chi connectivity index (χ3v) is 8.62. The summed E-state index contributed by atoms with van der Waals surface area (Å²) in [4.78, 5) is 6.35. The van der Waals surface area contributed by atoms with Crippen molar-refractivity contribution in [2.24, 2.45) is 4.99 Å². The molecule has 0 unspecified atom stereocenters. The smallest absolute Gasteiger partial charge is 0.362 e. The van der Waals surface area contributed by atoms with Gasteiger partial charge in [-0.25, -0.2) is 18.1 Å². The minimum atomic E-state index is -4.55. The minimum absolute atomic E-state index is 0.0135. The fourth-order valence-electron chi connectivity index (χ4n) is 5.05. The molecule has 2 fully saturated rings. The second kappa shape index (κ2) is 12.0. The summed E-state index contributed by atoms with van der Waals surface area (Å²) >= 11 is 0. The van der Waals surface area contributed by atoms with Crippen LogP contribution in [0.3, 0.4) is 0 Å². The van der Waals surface area contributed by atoms with Crippen molar-refractivity contribution in [1.82, 2.24) is 9.62 Å². The van der Waals surface area contributed by atoms with Crippen LogP contribution in [0.25, 0.3) is 0 Å². The number of hydrogen-bond acceptors (Lipinski definition) is 4. The largest absolute Gasteiger partial charge is 0.416 e. The summed E-state index contributed by atoms with van der Waals surface area (Å²) in [6.07, 6.45) is -0.100. The van der Waals surface area contributed by atoms with Crippen LogP contribution in [0.4, 0.5) is 13.2 Å². The Morgan fingerprint density at radius 2 is 1.40 bits per heavy atom. The second-order valence-corrected chi connectivity index (χ2v) is 11.9. The van der Waals surface area contributed by atoms with Crippen molar-refractivity contribution in [1.29, 1.82) is 0 Å². The highest BCUT2D eigenvalue weighted by Gasteiger charge is 2.36. The second-order valence-electron chi connectivity index (χ2n) is 10.2. The summed E-state index contributed by atoms with van der Waals surface area (Å²) in [5.74, 6) is 0.211. The van der Waals surface area contributed by atoms with Gasteiger partial charge in [-0.2, -0.15) is 13.2 Å². The van der Waals surface area contributed by atoms with E-state index in [2.05, 4.69) is 4.72 Å². The average Bonchev–Trinajstić information content (AvgIpc) is 2.93. The first-order valence-electron chi connectivity index (χ1n) is 13.5.